The molecule has 44 heavy (non-hydrogen) atoms. The average Bonchev–Trinajstić information content (AvgIpc) is 3.61. The molecular formula is C40H44N4. The lowest BCUT2D eigenvalue weighted by Gasteiger charge is -2.49. The summed E-state index contributed by atoms with van der Waals surface area (Å²) < 4.78 is 0. The van der Waals surface area contributed by atoms with Gasteiger partial charge >= 0.3 is 0 Å². The fraction of sp³-hybridized carbons (Fsp3) is 0.275. The minimum atomic E-state index is -0.0633. The van der Waals surface area contributed by atoms with Crippen LogP contribution < -0.4 is 10.6 Å². The Balaban J connectivity index is 1.18. The van der Waals surface area contributed by atoms with Crippen molar-refractivity contribution in [3.63, 3.8) is 0 Å². The lowest BCUT2D eigenvalue weighted by molar-refractivity contribution is 0.135. The first-order valence-corrected chi connectivity index (χ1v) is 16.1. The molecule has 0 saturated heterocycles. The number of amidine groups is 1. The molecule has 0 amide bonds. The van der Waals surface area contributed by atoms with Crippen LogP contribution in [0.25, 0.3) is 11.1 Å². The van der Waals surface area contributed by atoms with Gasteiger partial charge in [-0.3, -0.25) is 9.89 Å². The summed E-state index contributed by atoms with van der Waals surface area (Å²) in [5.41, 5.74) is 13.4. The number of hydrogen-bond donors (Lipinski definition) is 1. The molecule has 3 unspecified atom stereocenters. The molecule has 1 heterocycles. The van der Waals surface area contributed by atoms with E-state index in [9.17, 15) is 0 Å². The van der Waals surface area contributed by atoms with Crippen LogP contribution in [0.4, 0.5) is 11.4 Å². The molecule has 0 bridgehead atoms. The van der Waals surface area contributed by atoms with Crippen molar-refractivity contribution in [2.45, 2.75) is 63.5 Å². The highest BCUT2D eigenvalue weighted by molar-refractivity contribution is 6.11. The molecule has 4 heteroatoms. The number of aliphatic imine (C=N–C) groups is 1. The van der Waals surface area contributed by atoms with E-state index >= 15 is 0 Å². The maximum atomic E-state index is 6.21. The van der Waals surface area contributed by atoms with E-state index in [0.29, 0.717) is 12.0 Å². The van der Waals surface area contributed by atoms with Crippen molar-refractivity contribution in [1.82, 2.24) is 4.90 Å². The Morgan fingerprint density at radius 2 is 1.64 bits per heavy atom. The van der Waals surface area contributed by atoms with Crippen molar-refractivity contribution in [3.8, 4) is 11.1 Å². The van der Waals surface area contributed by atoms with Crippen molar-refractivity contribution in [3.05, 3.63) is 145 Å². The molecule has 2 N–H and O–H groups in total. The van der Waals surface area contributed by atoms with Gasteiger partial charge in [-0.05, 0) is 79.6 Å². The van der Waals surface area contributed by atoms with Gasteiger partial charge in [0.15, 0.2) is 0 Å². The largest absolute Gasteiger partial charge is 0.403 e. The zero-order valence-corrected chi connectivity index (χ0v) is 26.0. The summed E-state index contributed by atoms with van der Waals surface area (Å²) in [5, 5.41) is 0. The van der Waals surface area contributed by atoms with Gasteiger partial charge in [0.25, 0.3) is 0 Å². The van der Waals surface area contributed by atoms with E-state index in [1.54, 1.807) is 0 Å². The standard InChI is InChI=1S/C40H44N4/c1-3-11-38(30-41)44(37-14-8-5-9-15-37)40(2)27-25-34(26-28-40)32-19-17-31(18-20-32)33-21-23-36(24-22-33)43(39-16-10-29-42-39)35-12-6-4-7-13-35/h4-10,12-14,16-25,27,30,34,37H,3,11,15,26,28-29,41H2,1-2H3/b38-30+. The van der Waals surface area contributed by atoms with Crippen LogP contribution in [0.15, 0.2) is 144 Å². The summed E-state index contributed by atoms with van der Waals surface area (Å²) in [7, 11) is 0. The molecule has 6 rings (SSSR count). The predicted octanol–water partition coefficient (Wildman–Crippen LogP) is 9.44. The Labute approximate surface area is 263 Å². The van der Waals surface area contributed by atoms with Crippen LogP contribution in [0.1, 0.15) is 57.4 Å². The van der Waals surface area contributed by atoms with Crippen LogP contribution in [-0.2, 0) is 0 Å². The minimum absolute atomic E-state index is 0.0633. The molecule has 1 aliphatic heterocycles. The van der Waals surface area contributed by atoms with Crippen molar-refractivity contribution in [2.75, 3.05) is 11.4 Å². The summed E-state index contributed by atoms with van der Waals surface area (Å²) in [6.45, 7) is 5.34. The summed E-state index contributed by atoms with van der Waals surface area (Å²) in [4.78, 5) is 9.50. The topological polar surface area (TPSA) is 44.9 Å². The van der Waals surface area contributed by atoms with Crippen molar-refractivity contribution in [2.24, 2.45) is 10.7 Å². The molecular weight excluding hydrogens is 536 g/mol. The van der Waals surface area contributed by atoms with Crippen LogP contribution in [0.2, 0.25) is 0 Å². The van der Waals surface area contributed by atoms with E-state index in [0.717, 1.165) is 55.9 Å². The third kappa shape index (κ3) is 6.21. The van der Waals surface area contributed by atoms with Crippen LogP contribution >= 0.6 is 0 Å². The normalized spacial score (nSPS) is 22.7. The first-order valence-electron chi connectivity index (χ1n) is 16.1. The molecule has 4 nitrogen and oxygen atoms in total. The molecule has 2 aliphatic carbocycles. The molecule has 3 aromatic rings. The number of anilines is 2. The van der Waals surface area contributed by atoms with E-state index in [1.807, 2.05) is 12.3 Å². The highest BCUT2D eigenvalue weighted by atomic mass is 15.2. The van der Waals surface area contributed by atoms with Gasteiger partial charge < -0.3 is 10.6 Å². The van der Waals surface area contributed by atoms with Crippen molar-refractivity contribution >= 4 is 17.2 Å². The van der Waals surface area contributed by atoms with Crippen LogP contribution in [0.5, 0.6) is 0 Å². The second-order valence-corrected chi connectivity index (χ2v) is 12.2. The van der Waals surface area contributed by atoms with Gasteiger partial charge in [-0.2, -0.15) is 0 Å². The molecule has 0 radical (unpaired) electrons. The Bertz CT molecular complexity index is 1590. The second-order valence-electron chi connectivity index (χ2n) is 12.2. The van der Waals surface area contributed by atoms with Crippen molar-refractivity contribution < 1.29 is 0 Å². The van der Waals surface area contributed by atoms with Gasteiger partial charge in [0, 0.05) is 29.2 Å². The number of para-hydroxylation sites is 1. The quantitative estimate of drug-likeness (QED) is 0.256. The Morgan fingerprint density at radius 3 is 2.23 bits per heavy atom. The predicted molar refractivity (Wildman–Crippen MR) is 187 cm³/mol. The first kappa shape index (κ1) is 29.5. The smallest absolute Gasteiger partial charge is 0.132 e. The summed E-state index contributed by atoms with van der Waals surface area (Å²) in [6.07, 6.45) is 25.1. The zero-order chi connectivity index (χ0) is 30.4. The summed E-state index contributed by atoms with van der Waals surface area (Å²) in [6, 6.07) is 28.8. The second kappa shape index (κ2) is 13.4. The maximum absolute atomic E-state index is 6.21. The number of hydrogen-bond acceptors (Lipinski definition) is 4. The average molecular weight is 581 g/mol. The minimum Gasteiger partial charge on any atom is -0.403 e. The van der Waals surface area contributed by atoms with Gasteiger partial charge in [0.2, 0.25) is 0 Å². The zero-order valence-electron chi connectivity index (χ0n) is 26.0. The fourth-order valence-electron chi connectivity index (χ4n) is 6.87. The van der Waals surface area contributed by atoms with E-state index in [-0.39, 0.29) is 5.54 Å². The van der Waals surface area contributed by atoms with Crippen LogP contribution in [-0.4, -0.2) is 28.9 Å². The molecule has 3 aliphatic rings. The number of rotatable bonds is 9. The Morgan fingerprint density at radius 1 is 0.909 bits per heavy atom. The van der Waals surface area contributed by atoms with Gasteiger partial charge in [-0.15, -0.1) is 0 Å². The van der Waals surface area contributed by atoms with Crippen LogP contribution in [0.3, 0.4) is 0 Å². The fourth-order valence-corrected chi connectivity index (χ4v) is 6.87. The van der Waals surface area contributed by atoms with E-state index < -0.39 is 0 Å². The van der Waals surface area contributed by atoms with Gasteiger partial charge in [-0.1, -0.05) is 110 Å². The lowest BCUT2D eigenvalue weighted by Crippen LogP contribution is -2.50. The molecule has 224 valence electrons. The van der Waals surface area contributed by atoms with Crippen molar-refractivity contribution in [1.29, 1.82) is 0 Å². The Kier molecular flexibility index (Phi) is 8.97. The van der Waals surface area contributed by atoms with Crippen LogP contribution in [0, 0.1) is 0 Å². The van der Waals surface area contributed by atoms with Gasteiger partial charge in [0.1, 0.15) is 5.84 Å². The van der Waals surface area contributed by atoms with E-state index in [2.05, 4.69) is 145 Å². The van der Waals surface area contributed by atoms with Gasteiger partial charge in [0.05, 0.1) is 18.1 Å². The Hall–Kier alpha value is -4.57. The molecule has 3 atom stereocenters. The highest BCUT2D eigenvalue weighted by Crippen LogP contribution is 2.41. The maximum Gasteiger partial charge on any atom is 0.132 e. The number of allylic oxidation sites excluding steroid dienone is 4. The molecule has 3 aromatic carbocycles. The SMILES string of the molecule is CCC/C(=C\N)N(C1C=CC=CC1)C1(C)C=CC(c2ccc(-c3ccc(N(C4=NCC=C4)c4ccccc4)cc3)cc2)CC1. The highest BCUT2D eigenvalue weighted by Gasteiger charge is 2.37. The molecule has 0 spiro atoms. The first-order chi connectivity index (χ1) is 21.6. The van der Waals surface area contributed by atoms with E-state index in [4.69, 9.17) is 10.7 Å². The third-order valence-electron chi connectivity index (χ3n) is 9.16. The molecule has 0 fully saturated rings. The number of nitrogens with two attached hydrogens (primary N) is 1. The summed E-state index contributed by atoms with van der Waals surface area (Å²) >= 11 is 0. The third-order valence-corrected chi connectivity index (χ3v) is 9.16. The molecule has 0 saturated carbocycles. The number of benzene rings is 3. The summed E-state index contributed by atoms with van der Waals surface area (Å²) in [5.74, 6) is 1.39. The van der Waals surface area contributed by atoms with Gasteiger partial charge in [-0.25, -0.2) is 0 Å². The lowest BCUT2D eigenvalue weighted by atomic mass is 9.78. The number of nitrogens with zero attached hydrogens (tertiary/aromatic N) is 3. The van der Waals surface area contributed by atoms with E-state index in [1.165, 1.54) is 22.4 Å². The monoisotopic (exact) mass is 580 g/mol. The molecule has 0 aromatic heterocycles.